The number of benzene rings is 1. The number of carbonyl (C=O) groups is 2. The number of fused-ring (bicyclic) bond motifs is 1. The van der Waals surface area contributed by atoms with Gasteiger partial charge in [-0.15, -0.1) is 0 Å². The number of likely N-dealkylation sites (tertiary alicyclic amines) is 1. The number of carbonyl (C=O) groups excluding carboxylic acids is 2. The summed E-state index contributed by atoms with van der Waals surface area (Å²) in [6.45, 7) is 3.10. The second-order valence-electron chi connectivity index (χ2n) is 8.81. The van der Waals surface area contributed by atoms with E-state index in [-0.39, 0.29) is 17.4 Å². The van der Waals surface area contributed by atoms with Crippen molar-refractivity contribution in [2.45, 2.75) is 69.7 Å². The molecular weight excluding hydrogens is 350 g/mol. The normalized spacial score (nSPS) is 22.6. The van der Waals surface area contributed by atoms with E-state index in [0.717, 1.165) is 24.2 Å². The van der Waals surface area contributed by atoms with E-state index < -0.39 is 0 Å². The van der Waals surface area contributed by atoms with Crippen molar-refractivity contribution in [3.63, 3.8) is 0 Å². The number of piperidine rings is 1. The fourth-order valence-electron chi connectivity index (χ4n) is 5.33. The Morgan fingerprint density at radius 2 is 1.75 bits per heavy atom. The van der Waals surface area contributed by atoms with Crippen LogP contribution in [0.4, 0.5) is 5.69 Å². The van der Waals surface area contributed by atoms with E-state index in [0.29, 0.717) is 12.0 Å². The number of nitrogens with zero attached hydrogens (tertiary/aromatic N) is 2. The predicted octanol–water partition coefficient (Wildman–Crippen LogP) is 3.51. The molecule has 2 heterocycles. The largest absolute Gasteiger partial charge is 0.350 e. The maximum absolute atomic E-state index is 12.9. The summed E-state index contributed by atoms with van der Waals surface area (Å²) in [6.07, 6.45) is 11.4. The van der Waals surface area contributed by atoms with Crippen molar-refractivity contribution in [1.29, 1.82) is 0 Å². The zero-order valence-electron chi connectivity index (χ0n) is 17.1. The topological polar surface area (TPSA) is 52.7 Å². The van der Waals surface area contributed by atoms with Gasteiger partial charge in [0.1, 0.15) is 0 Å². The summed E-state index contributed by atoms with van der Waals surface area (Å²) in [5.74, 6) is 0.162. The average molecular weight is 384 g/mol. The Morgan fingerprint density at radius 3 is 2.50 bits per heavy atom. The maximum atomic E-state index is 12.9. The van der Waals surface area contributed by atoms with Gasteiger partial charge in [0.25, 0.3) is 5.91 Å². The average Bonchev–Trinajstić information content (AvgIpc) is 2.76. The SMILES string of the molecule is CN1C(=O)CCc2cc(C(=O)NCC3(N4CCCCC4)CCCCC3)ccc21. The van der Waals surface area contributed by atoms with Crippen LogP contribution in [0.2, 0.25) is 0 Å². The fraction of sp³-hybridized carbons (Fsp3) is 0.652. The molecule has 0 radical (unpaired) electrons. The molecule has 2 fully saturated rings. The lowest BCUT2D eigenvalue weighted by molar-refractivity contribution is -0.118. The summed E-state index contributed by atoms with van der Waals surface area (Å²) < 4.78 is 0. The third kappa shape index (κ3) is 3.82. The molecule has 4 rings (SSSR count). The zero-order valence-corrected chi connectivity index (χ0v) is 17.1. The fourth-order valence-corrected chi connectivity index (χ4v) is 5.33. The molecular formula is C23H33N3O2. The van der Waals surface area contributed by atoms with Crippen LogP contribution in [-0.2, 0) is 11.2 Å². The molecule has 3 aliphatic rings. The lowest BCUT2D eigenvalue weighted by Crippen LogP contribution is -2.58. The smallest absolute Gasteiger partial charge is 0.251 e. The molecule has 2 amide bonds. The van der Waals surface area contributed by atoms with Crippen LogP contribution in [0.15, 0.2) is 18.2 Å². The van der Waals surface area contributed by atoms with Gasteiger partial charge in [0, 0.05) is 36.8 Å². The summed E-state index contributed by atoms with van der Waals surface area (Å²) in [5.41, 5.74) is 2.89. The first-order valence-corrected chi connectivity index (χ1v) is 11.0. The number of anilines is 1. The lowest BCUT2D eigenvalue weighted by Gasteiger charge is -2.48. The number of amides is 2. The third-order valence-electron chi connectivity index (χ3n) is 7.07. The molecule has 0 aromatic heterocycles. The van der Waals surface area contributed by atoms with Crippen LogP contribution in [0.5, 0.6) is 0 Å². The molecule has 28 heavy (non-hydrogen) atoms. The molecule has 0 unspecified atom stereocenters. The number of rotatable bonds is 4. The molecule has 5 nitrogen and oxygen atoms in total. The van der Waals surface area contributed by atoms with Gasteiger partial charge in [-0.1, -0.05) is 25.7 Å². The summed E-state index contributed by atoms with van der Waals surface area (Å²) in [7, 11) is 1.81. The molecule has 1 aromatic rings. The number of nitrogens with one attached hydrogen (secondary N) is 1. The van der Waals surface area contributed by atoms with Gasteiger partial charge in [-0.2, -0.15) is 0 Å². The predicted molar refractivity (Wildman–Crippen MR) is 112 cm³/mol. The Balaban J connectivity index is 1.46. The standard InChI is InChI=1S/C23H33N3O2/c1-25-20-10-8-19(16-18(20)9-11-21(25)27)22(28)24-17-23(12-4-2-5-13-23)26-14-6-3-7-15-26/h8,10,16H,2-7,9,11-15,17H2,1H3,(H,24,28). The van der Waals surface area contributed by atoms with E-state index in [9.17, 15) is 9.59 Å². The van der Waals surface area contributed by atoms with Gasteiger partial charge in [-0.25, -0.2) is 0 Å². The molecule has 1 saturated heterocycles. The highest BCUT2D eigenvalue weighted by atomic mass is 16.2. The Labute approximate surface area is 168 Å². The van der Waals surface area contributed by atoms with Crippen LogP contribution >= 0.6 is 0 Å². The third-order valence-corrected chi connectivity index (χ3v) is 7.07. The highest BCUT2D eigenvalue weighted by Gasteiger charge is 2.38. The van der Waals surface area contributed by atoms with Gasteiger partial charge in [0.2, 0.25) is 5.91 Å². The van der Waals surface area contributed by atoms with Crippen molar-refractivity contribution in [2.24, 2.45) is 0 Å². The Bertz CT molecular complexity index is 733. The van der Waals surface area contributed by atoms with Crippen LogP contribution in [0.25, 0.3) is 0 Å². The van der Waals surface area contributed by atoms with Gasteiger partial charge in [0.15, 0.2) is 0 Å². The van der Waals surface area contributed by atoms with Gasteiger partial charge in [-0.3, -0.25) is 14.5 Å². The number of hydrogen-bond acceptors (Lipinski definition) is 3. The minimum atomic E-state index is 0.0179. The Kier molecular flexibility index (Phi) is 5.72. The zero-order chi connectivity index (χ0) is 19.6. The second kappa shape index (κ2) is 8.24. The molecule has 0 bridgehead atoms. The van der Waals surface area contributed by atoms with Gasteiger partial charge < -0.3 is 10.2 Å². The summed E-state index contributed by atoms with van der Waals surface area (Å²) in [4.78, 5) is 29.2. The Morgan fingerprint density at radius 1 is 1.04 bits per heavy atom. The minimum Gasteiger partial charge on any atom is -0.350 e. The Hall–Kier alpha value is -1.88. The summed E-state index contributed by atoms with van der Waals surface area (Å²) in [5, 5.41) is 3.27. The van der Waals surface area contributed by atoms with Crippen LogP contribution in [0.1, 0.15) is 73.7 Å². The highest BCUT2D eigenvalue weighted by Crippen LogP contribution is 2.35. The number of aryl methyl sites for hydroxylation is 1. The molecule has 1 N–H and O–H groups in total. The van der Waals surface area contributed by atoms with Crippen LogP contribution in [0, 0.1) is 0 Å². The van der Waals surface area contributed by atoms with Crippen molar-refractivity contribution in [2.75, 3.05) is 31.6 Å². The van der Waals surface area contributed by atoms with Gasteiger partial charge in [-0.05, 0) is 69.0 Å². The molecule has 152 valence electrons. The van der Waals surface area contributed by atoms with Gasteiger partial charge in [0.05, 0.1) is 0 Å². The van der Waals surface area contributed by atoms with Crippen molar-refractivity contribution < 1.29 is 9.59 Å². The first kappa shape index (κ1) is 19.4. The first-order valence-electron chi connectivity index (χ1n) is 11.0. The molecule has 1 aromatic carbocycles. The van der Waals surface area contributed by atoms with E-state index in [1.165, 1.54) is 64.5 Å². The molecule has 1 saturated carbocycles. The second-order valence-corrected chi connectivity index (χ2v) is 8.81. The monoisotopic (exact) mass is 383 g/mol. The first-order chi connectivity index (χ1) is 13.6. The summed E-state index contributed by atoms with van der Waals surface area (Å²) in [6, 6.07) is 5.75. The minimum absolute atomic E-state index is 0.0179. The van der Waals surface area contributed by atoms with Crippen molar-refractivity contribution in [3.05, 3.63) is 29.3 Å². The molecule has 5 heteroatoms. The van der Waals surface area contributed by atoms with E-state index in [4.69, 9.17) is 0 Å². The maximum Gasteiger partial charge on any atom is 0.251 e. The van der Waals surface area contributed by atoms with Crippen LogP contribution in [0.3, 0.4) is 0 Å². The van der Waals surface area contributed by atoms with Crippen LogP contribution < -0.4 is 10.2 Å². The van der Waals surface area contributed by atoms with Gasteiger partial charge >= 0.3 is 0 Å². The highest BCUT2D eigenvalue weighted by molar-refractivity contribution is 5.98. The van der Waals surface area contributed by atoms with Crippen molar-refractivity contribution in [3.8, 4) is 0 Å². The van der Waals surface area contributed by atoms with E-state index in [1.54, 1.807) is 4.90 Å². The van der Waals surface area contributed by atoms with Crippen molar-refractivity contribution in [1.82, 2.24) is 10.2 Å². The quantitative estimate of drug-likeness (QED) is 0.866. The van der Waals surface area contributed by atoms with Crippen LogP contribution in [-0.4, -0.2) is 48.9 Å². The number of hydrogen-bond donors (Lipinski definition) is 1. The molecule has 0 spiro atoms. The van der Waals surface area contributed by atoms with Crippen molar-refractivity contribution >= 4 is 17.5 Å². The lowest BCUT2D eigenvalue weighted by atomic mass is 9.79. The van der Waals surface area contributed by atoms with E-state index in [1.807, 2.05) is 25.2 Å². The van der Waals surface area contributed by atoms with E-state index >= 15 is 0 Å². The molecule has 2 aliphatic heterocycles. The molecule has 1 aliphatic carbocycles. The summed E-state index contributed by atoms with van der Waals surface area (Å²) >= 11 is 0. The molecule has 0 atom stereocenters. The van der Waals surface area contributed by atoms with E-state index in [2.05, 4.69) is 10.2 Å².